The smallest absolute Gasteiger partial charge is 0.271 e. The number of nitrogens with zero attached hydrogens (tertiary/aromatic N) is 2. The first-order valence-electron chi connectivity index (χ1n) is 8.00. The molecular weight excluding hydrogens is 317 g/mol. The van der Waals surface area contributed by atoms with Crippen molar-refractivity contribution < 1.29 is 18.9 Å². The molecule has 1 aliphatic heterocycles. The number of carbonyl (C=O) groups is 2. The molecule has 0 aromatic heterocycles. The molecule has 0 radical (unpaired) electrons. The summed E-state index contributed by atoms with van der Waals surface area (Å²) >= 11 is 0. The number of hydrogen-bond acceptors (Lipinski definition) is 4. The summed E-state index contributed by atoms with van der Waals surface area (Å²) in [4.78, 5) is 36.3. The zero-order valence-electron chi connectivity index (χ0n) is 13.0. The summed E-state index contributed by atoms with van der Waals surface area (Å²) in [6.07, 6.45) is 4.19. The summed E-state index contributed by atoms with van der Waals surface area (Å²) in [5.74, 6) is -1.84. The van der Waals surface area contributed by atoms with Crippen molar-refractivity contribution >= 4 is 23.2 Å². The first kappa shape index (κ1) is 16.4. The van der Waals surface area contributed by atoms with Crippen LogP contribution in [0.25, 0.3) is 0 Å². The molecule has 8 heteroatoms. The number of nitrogens with one attached hydrogen (secondary N) is 1. The number of likely N-dealkylation sites (tertiary alicyclic amines) is 1. The van der Waals surface area contributed by atoms with E-state index in [1.807, 2.05) is 0 Å². The average molecular weight is 335 g/mol. The Hall–Kier alpha value is -2.51. The second-order valence-corrected chi connectivity index (χ2v) is 6.30. The van der Waals surface area contributed by atoms with Crippen molar-refractivity contribution in [2.45, 2.75) is 38.1 Å². The highest BCUT2D eigenvalue weighted by atomic mass is 19.1. The van der Waals surface area contributed by atoms with Crippen LogP contribution in [0, 0.1) is 21.8 Å². The van der Waals surface area contributed by atoms with Crippen LogP contribution in [-0.2, 0) is 9.59 Å². The minimum absolute atomic E-state index is 0.0541. The van der Waals surface area contributed by atoms with E-state index in [1.165, 1.54) is 0 Å². The van der Waals surface area contributed by atoms with E-state index >= 15 is 0 Å². The molecule has 1 N–H and O–H groups in total. The van der Waals surface area contributed by atoms with Gasteiger partial charge >= 0.3 is 0 Å². The molecular formula is C16H18FN3O4. The zero-order valence-corrected chi connectivity index (χ0v) is 13.0. The van der Waals surface area contributed by atoms with Crippen LogP contribution in [0.15, 0.2) is 18.2 Å². The van der Waals surface area contributed by atoms with Gasteiger partial charge in [-0.05, 0) is 18.9 Å². The summed E-state index contributed by atoms with van der Waals surface area (Å²) in [7, 11) is 0. The van der Waals surface area contributed by atoms with Gasteiger partial charge in [0.2, 0.25) is 11.8 Å². The first-order valence-corrected chi connectivity index (χ1v) is 8.00. The number of benzene rings is 1. The Morgan fingerprint density at radius 2 is 2.04 bits per heavy atom. The molecule has 1 aromatic carbocycles. The molecule has 1 saturated heterocycles. The number of halogens is 1. The number of non-ortho nitro benzene ring substituents is 1. The van der Waals surface area contributed by atoms with E-state index in [2.05, 4.69) is 5.32 Å². The summed E-state index contributed by atoms with van der Waals surface area (Å²) in [5.41, 5.74) is -0.539. The van der Waals surface area contributed by atoms with Gasteiger partial charge in [-0.15, -0.1) is 0 Å². The molecule has 2 amide bonds. The van der Waals surface area contributed by atoms with Crippen molar-refractivity contribution in [1.82, 2.24) is 4.90 Å². The molecule has 7 nitrogen and oxygen atoms in total. The number of anilines is 1. The van der Waals surface area contributed by atoms with Crippen LogP contribution in [0.5, 0.6) is 0 Å². The molecule has 1 saturated carbocycles. The van der Waals surface area contributed by atoms with Crippen molar-refractivity contribution in [2.24, 2.45) is 5.92 Å². The van der Waals surface area contributed by atoms with Crippen LogP contribution in [0.1, 0.15) is 32.1 Å². The Kier molecular flexibility index (Phi) is 4.46. The van der Waals surface area contributed by atoms with E-state index in [4.69, 9.17) is 0 Å². The van der Waals surface area contributed by atoms with E-state index < -0.39 is 22.6 Å². The molecule has 3 rings (SSSR count). The predicted octanol–water partition coefficient (Wildman–Crippen LogP) is 2.46. The van der Waals surface area contributed by atoms with Gasteiger partial charge in [-0.2, -0.15) is 0 Å². The standard InChI is InChI=1S/C16H18FN3O4/c17-13-6-5-12(20(23)24)8-14(13)18-16(22)10-7-15(21)19(9-10)11-3-1-2-4-11/h5-6,8,10-11H,1-4,7,9H2,(H,18,22). The van der Waals surface area contributed by atoms with E-state index in [0.29, 0.717) is 6.54 Å². The van der Waals surface area contributed by atoms with Gasteiger partial charge in [0.25, 0.3) is 5.69 Å². The molecule has 1 atom stereocenters. The number of nitro groups is 1. The Balaban J connectivity index is 1.68. The lowest BCUT2D eigenvalue weighted by Crippen LogP contribution is -2.35. The van der Waals surface area contributed by atoms with Crippen molar-refractivity contribution in [2.75, 3.05) is 11.9 Å². The highest BCUT2D eigenvalue weighted by molar-refractivity contribution is 5.97. The second-order valence-electron chi connectivity index (χ2n) is 6.30. The molecule has 128 valence electrons. The highest BCUT2D eigenvalue weighted by Crippen LogP contribution is 2.30. The molecule has 1 aromatic rings. The molecule has 1 aliphatic carbocycles. The van der Waals surface area contributed by atoms with Crippen LogP contribution in [0.2, 0.25) is 0 Å². The van der Waals surface area contributed by atoms with Gasteiger partial charge < -0.3 is 10.2 Å². The van der Waals surface area contributed by atoms with Gasteiger partial charge in [0.1, 0.15) is 5.82 Å². The molecule has 2 aliphatic rings. The Morgan fingerprint density at radius 3 is 2.71 bits per heavy atom. The van der Waals surface area contributed by atoms with Crippen LogP contribution >= 0.6 is 0 Å². The third kappa shape index (κ3) is 3.22. The lowest BCUT2D eigenvalue weighted by atomic mass is 10.1. The maximum absolute atomic E-state index is 13.8. The number of amides is 2. The van der Waals surface area contributed by atoms with Gasteiger partial charge in [0, 0.05) is 31.1 Å². The number of carbonyl (C=O) groups excluding carboxylic acids is 2. The fourth-order valence-corrected chi connectivity index (χ4v) is 3.43. The fraction of sp³-hybridized carbons (Fsp3) is 0.500. The molecule has 2 fully saturated rings. The summed E-state index contributed by atoms with van der Waals surface area (Å²) in [6, 6.07) is 3.16. The summed E-state index contributed by atoms with van der Waals surface area (Å²) in [5, 5.41) is 13.1. The SMILES string of the molecule is O=C(Nc1cc([N+](=O)[O-])ccc1F)C1CC(=O)N(C2CCCC2)C1. The third-order valence-electron chi connectivity index (χ3n) is 4.71. The molecule has 24 heavy (non-hydrogen) atoms. The van der Waals surface area contributed by atoms with Crippen LogP contribution in [0.4, 0.5) is 15.8 Å². The van der Waals surface area contributed by atoms with Crippen molar-refractivity contribution in [3.05, 3.63) is 34.1 Å². The fourth-order valence-electron chi connectivity index (χ4n) is 3.43. The lowest BCUT2D eigenvalue weighted by molar-refractivity contribution is -0.384. The molecule has 1 unspecified atom stereocenters. The largest absolute Gasteiger partial charge is 0.339 e. The summed E-state index contributed by atoms with van der Waals surface area (Å²) in [6.45, 7) is 0.325. The van der Waals surface area contributed by atoms with E-state index in [9.17, 15) is 24.1 Å². The number of rotatable bonds is 4. The van der Waals surface area contributed by atoms with Gasteiger partial charge in [0.05, 0.1) is 16.5 Å². The van der Waals surface area contributed by atoms with Gasteiger partial charge in [-0.1, -0.05) is 12.8 Å². The third-order valence-corrected chi connectivity index (χ3v) is 4.71. The van der Waals surface area contributed by atoms with Crippen LogP contribution in [0.3, 0.4) is 0 Å². The monoisotopic (exact) mass is 335 g/mol. The quantitative estimate of drug-likeness (QED) is 0.676. The summed E-state index contributed by atoms with van der Waals surface area (Å²) < 4.78 is 13.8. The average Bonchev–Trinajstić information content (AvgIpc) is 3.18. The van der Waals surface area contributed by atoms with Crippen molar-refractivity contribution in [3.63, 3.8) is 0 Å². The molecule has 0 bridgehead atoms. The number of nitro benzene ring substituents is 1. The van der Waals surface area contributed by atoms with Crippen molar-refractivity contribution in [3.8, 4) is 0 Å². The minimum atomic E-state index is -0.745. The first-order chi connectivity index (χ1) is 11.5. The highest BCUT2D eigenvalue weighted by Gasteiger charge is 2.38. The Morgan fingerprint density at radius 1 is 1.33 bits per heavy atom. The van der Waals surface area contributed by atoms with Gasteiger partial charge in [0.15, 0.2) is 0 Å². The molecule has 1 heterocycles. The Bertz CT molecular complexity index is 688. The van der Waals surface area contributed by atoms with Gasteiger partial charge in [-0.3, -0.25) is 19.7 Å². The molecule has 0 spiro atoms. The minimum Gasteiger partial charge on any atom is -0.339 e. The van der Waals surface area contributed by atoms with Gasteiger partial charge in [-0.25, -0.2) is 4.39 Å². The van der Waals surface area contributed by atoms with E-state index in [0.717, 1.165) is 43.9 Å². The second kappa shape index (κ2) is 6.54. The topological polar surface area (TPSA) is 92.5 Å². The van der Waals surface area contributed by atoms with E-state index in [1.54, 1.807) is 4.90 Å². The lowest BCUT2D eigenvalue weighted by Gasteiger charge is -2.23. The van der Waals surface area contributed by atoms with Crippen molar-refractivity contribution in [1.29, 1.82) is 0 Å². The number of hydrogen-bond donors (Lipinski definition) is 1. The normalized spacial score (nSPS) is 21.3. The van der Waals surface area contributed by atoms with E-state index in [-0.39, 0.29) is 29.7 Å². The predicted molar refractivity (Wildman–Crippen MR) is 83.8 cm³/mol. The van der Waals surface area contributed by atoms with Crippen LogP contribution in [-0.4, -0.2) is 34.2 Å². The maximum Gasteiger partial charge on any atom is 0.271 e. The maximum atomic E-state index is 13.8. The van der Waals surface area contributed by atoms with Crippen LogP contribution < -0.4 is 5.32 Å². The Labute approximate surface area is 138 Å². The zero-order chi connectivity index (χ0) is 17.3.